The molecule has 0 aromatic carbocycles. The molecule has 0 spiro atoms. The van der Waals surface area contributed by atoms with Crippen molar-refractivity contribution in [2.24, 2.45) is 5.92 Å². The van der Waals surface area contributed by atoms with Gasteiger partial charge >= 0.3 is 0 Å². The highest BCUT2D eigenvalue weighted by Gasteiger charge is 2.27. The summed E-state index contributed by atoms with van der Waals surface area (Å²) in [5, 5.41) is 6.29. The standard InChI is InChI=1S/C11H20N2O2/c1-8(9-4-6-15-7-9)13-11(14)10-3-2-5-12-10/h8-10,12H,2-7H2,1H3,(H,13,14)/t8?,9?,10-/m1/s1. The summed E-state index contributed by atoms with van der Waals surface area (Å²) in [7, 11) is 0. The first-order valence-corrected chi connectivity index (χ1v) is 5.89. The molecule has 1 amide bonds. The van der Waals surface area contributed by atoms with Crippen LogP contribution in [-0.4, -0.2) is 37.7 Å². The maximum Gasteiger partial charge on any atom is 0.237 e. The zero-order valence-electron chi connectivity index (χ0n) is 9.29. The summed E-state index contributed by atoms with van der Waals surface area (Å²) in [4.78, 5) is 11.8. The smallest absolute Gasteiger partial charge is 0.237 e. The van der Waals surface area contributed by atoms with Gasteiger partial charge in [0.15, 0.2) is 0 Å². The van der Waals surface area contributed by atoms with E-state index in [2.05, 4.69) is 17.6 Å². The molecular weight excluding hydrogens is 192 g/mol. The lowest BCUT2D eigenvalue weighted by atomic mass is 10.0. The van der Waals surface area contributed by atoms with Crippen LogP contribution in [0.2, 0.25) is 0 Å². The number of carbonyl (C=O) groups is 1. The molecule has 2 aliphatic heterocycles. The highest BCUT2D eigenvalue weighted by Crippen LogP contribution is 2.16. The lowest BCUT2D eigenvalue weighted by Crippen LogP contribution is -2.46. The van der Waals surface area contributed by atoms with Crippen molar-refractivity contribution in [3.8, 4) is 0 Å². The van der Waals surface area contributed by atoms with E-state index in [1.807, 2.05) is 0 Å². The first kappa shape index (κ1) is 10.9. The van der Waals surface area contributed by atoms with E-state index in [1.165, 1.54) is 0 Å². The number of hydrogen-bond acceptors (Lipinski definition) is 3. The summed E-state index contributed by atoms with van der Waals surface area (Å²) in [6, 6.07) is 0.275. The van der Waals surface area contributed by atoms with Gasteiger partial charge < -0.3 is 15.4 Å². The summed E-state index contributed by atoms with van der Waals surface area (Å²) < 4.78 is 5.32. The monoisotopic (exact) mass is 212 g/mol. The Labute approximate surface area is 90.8 Å². The van der Waals surface area contributed by atoms with Crippen LogP contribution in [0.15, 0.2) is 0 Å². The Kier molecular flexibility index (Phi) is 3.59. The molecule has 0 aliphatic carbocycles. The number of carbonyl (C=O) groups excluding carboxylic acids is 1. The minimum absolute atomic E-state index is 0.0368. The molecule has 2 unspecified atom stereocenters. The number of nitrogens with one attached hydrogen (secondary N) is 2. The van der Waals surface area contributed by atoms with E-state index in [0.29, 0.717) is 5.92 Å². The minimum Gasteiger partial charge on any atom is -0.381 e. The van der Waals surface area contributed by atoms with Crippen LogP contribution in [0.5, 0.6) is 0 Å². The Bertz CT molecular complexity index is 221. The Morgan fingerprint density at radius 3 is 3.00 bits per heavy atom. The molecule has 3 atom stereocenters. The van der Waals surface area contributed by atoms with Gasteiger partial charge in [-0.15, -0.1) is 0 Å². The Balaban J connectivity index is 1.77. The van der Waals surface area contributed by atoms with Crippen LogP contribution in [0.1, 0.15) is 26.2 Å². The minimum atomic E-state index is 0.0368. The van der Waals surface area contributed by atoms with Gasteiger partial charge in [-0.1, -0.05) is 0 Å². The molecular formula is C11H20N2O2. The van der Waals surface area contributed by atoms with E-state index in [-0.39, 0.29) is 18.0 Å². The fourth-order valence-corrected chi connectivity index (χ4v) is 2.30. The number of amides is 1. The van der Waals surface area contributed by atoms with Crippen LogP contribution < -0.4 is 10.6 Å². The average molecular weight is 212 g/mol. The number of ether oxygens (including phenoxy) is 1. The fourth-order valence-electron chi connectivity index (χ4n) is 2.30. The SMILES string of the molecule is CC(NC(=O)[C@H]1CCCN1)C1CCOC1. The molecule has 0 aromatic rings. The van der Waals surface area contributed by atoms with Gasteiger partial charge in [-0.05, 0) is 32.7 Å². The molecule has 0 aromatic heterocycles. The quantitative estimate of drug-likeness (QED) is 0.706. The average Bonchev–Trinajstić information content (AvgIpc) is 2.91. The van der Waals surface area contributed by atoms with E-state index in [4.69, 9.17) is 4.74 Å². The molecule has 0 saturated carbocycles. The lowest BCUT2D eigenvalue weighted by Gasteiger charge is -2.21. The van der Waals surface area contributed by atoms with Crippen molar-refractivity contribution in [2.75, 3.05) is 19.8 Å². The van der Waals surface area contributed by atoms with Crippen molar-refractivity contribution >= 4 is 5.91 Å². The highest BCUT2D eigenvalue weighted by atomic mass is 16.5. The normalized spacial score (nSPS) is 32.9. The van der Waals surface area contributed by atoms with Gasteiger partial charge in [0.2, 0.25) is 5.91 Å². The van der Waals surface area contributed by atoms with Crippen LogP contribution in [0.4, 0.5) is 0 Å². The Morgan fingerprint density at radius 1 is 1.53 bits per heavy atom. The predicted octanol–water partition coefficient (Wildman–Crippen LogP) is 0.280. The molecule has 0 bridgehead atoms. The molecule has 4 heteroatoms. The molecule has 2 heterocycles. The maximum atomic E-state index is 11.8. The highest BCUT2D eigenvalue weighted by molar-refractivity contribution is 5.82. The molecule has 2 saturated heterocycles. The third-order valence-electron chi connectivity index (χ3n) is 3.42. The first-order chi connectivity index (χ1) is 7.27. The van der Waals surface area contributed by atoms with Crippen molar-refractivity contribution < 1.29 is 9.53 Å². The van der Waals surface area contributed by atoms with E-state index in [9.17, 15) is 4.79 Å². The van der Waals surface area contributed by atoms with E-state index in [0.717, 1.165) is 39.0 Å². The van der Waals surface area contributed by atoms with Gasteiger partial charge in [-0.25, -0.2) is 0 Å². The van der Waals surface area contributed by atoms with Gasteiger partial charge in [0, 0.05) is 18.6 Å². The van der Waals surface area contributed by atoms with Crippen molar-refractivity contribution in [1.29, 1.82) is 0 Å². The molecule has 0 radical (unpaired) electrons. The molecule has 86 valence electrons. The van der Waals surface area contributed by atoms with Gasteiger partial charge in [0.05, 0.1) is 12.6 Å². The fraction of sp³-hybridized carbons (Fsp3) is 0.909. The Morgan fingerprint density at radius 2 is 2.40 bits per heavy atom. The van der Waals surface area contributed by atoms with Gasteiger partial charge in [-0.3, -0.25) is 4.79 Å². The zero-order chi connectivity index (χ0) is 10.7. The van der Waals surface area contributed by atoms with Gasteiger partial charge in [0.25, 0.3) is 0 Å². The summed E-state index contributed by atoms with van der Waals surface area (Å²) in [6.45, 7) is 4.68. The molecule has 2 rings (SSSR count). The number of rotatable bonds is 3. The summed E-state index contributed by atoms with van der Waals surface area (Å²) in [5.74, 6) is 0.655. The number of hydrogen-bond donors (Lipinski definition) is 2. The molecule has 2 fully saturated rings. The first-order valence-electron chi connectivity index (χ1n) is 5.89. The molecule has 15 heavy (non-hydrogen) atoms. The van der Waals surface area contributed by atoms with Gasteiger partial charge in [-0.2, -0.15) is 0 Å². The van der Waals surface area contributed by atoms with E-state index < -0.39 is 0 Å². The van der Waals surface area contributed by atoms with Gasteiger partial charge in [0.1, 0.15) is 0 Å². The zero-order valence-corrected chi connectivity index (χ0v) is 9.29. The van der Waals surface area contributed by atoms with Crippen LogP contribution in [-0.2, 0) is 9.53 Å². The Hall–Kier alpha value is -0.610. The third-order valence-corrected chi connectivity index (χ3v) is 3.42. The maximum absolute atomic E-state index is 11.8. The summed E-state index contributed by atoms with van der Waals surface area (Å²) >= 11 is 0. The largest absolute Gasteiger partial charge is 0.381 e. The molecule has 4 nitrogen and oxygen atoms in total. The van der Waals surface area contributed by atoms with Crippen LogP contribution in [0, 0.1) is 5.92 Å². The predicted molar refractivity (Wildman–Crippen MR) is 57.6 cm³/mol. The van der Waals surface area contributed by atoms with Crippen molar-refractivity contribution in [2.45, 2.75) is 38.3 Å². The second-order valence-corrected chi connectivity index (χ2v) is 4.57. The van der Waals surface area contributed by atoms with Crippen LogP contribution >= 0.6 is 0 Å². The van der Waals surface area contributed by atoms with Crippen molar-refractivity contribution in [3.63, 3.8) is 0 Å². The molecule has 2 aliphatic rings. The topological polar surface area (TPSA) is 50.4 Å². The second-order valence-electron chi connectivity index (χ2n) is 4.57. The summed E-state index contributed by atoms with van der Waals surface area (Å²) in [5.41, 5.74) is 0. The van der Waals surface area contributed by atoms with Crippen molar-refractivity contribution in [1.82, 2.24) is 10.6 Å². The van der Waals surface area contributed by atoms with Crippen LogP contribution in [0.3, 0.4) is 0 Å². The van der Waals surface area contributed by atoms with E-state index in [1.54, 1.807) is 0 Å². The van der Waals surface area contributed by atoms with Crippen LogP contribution in [0.25, 0.3) is 0 Å². The van der Waals surface area contributed by atoms with Crippen molar-refractivity contribution in [3.05, 3.63) is 0 Å². The second kappa shape index (κ2) is 4.94. The molecule has 2 N–H and O–H groups in total. The lowest BCUT2D eigenvalue weighted by molar-refractivity contribution is -0.123. The summed E-state index contributed by atoms with van der Waals surface area (Å²) in [6.07, 6.45) is 3.15. The third kappa shape index (κ3) is 2.69. The van der Waals surface area contributed by atoms with E-state index >= 15 is 0 Å².